The maximum Gasteiger partial charge on any atom is 0.231 e. The number of rotatable bonds is 7. The normalized spacial score (nSPS) is 10.4. The second kappa shape index (κ2) is 11.3. The quantitative estimate of drug-likeness (QED) is 0.568. The maximum atomic E-state index is 9.49. The van der Waals surface area contributed by atoms with Crippen molar-refractivity contribution in [2.45, 2.75) is 53.9 Å². The molecule has 0 spiro atoms. The predicted molar refractivity (Wildman–Crippen MR) is 121 cm³/mol. The van der Waals surface area contributed by atoms with E-state index in [9.17, 15) is 5.26 Å². The molecule has 0 amide bonds. The molecule has 0 atom stereocenters. The van der Waals surface area contributed by atoms with Crippen LogP contribution in [0.15, 0.2) is 18.3 Å². The lowest BCUT2D eigenvalue weighted by Gasteiger charge is -2.14. The van der Waals surface area contributed by atoms with E-state index in [1.54, 1.807) is 7.11 Å². The van der Waals surface area contributed by atoms with E-state index in [4.69, 9.17) is 14.5 Å². The topological polar surface area (TPSA) is 83.8 Å². The zero-order chi connectivity index (χ0) is 22.1. The Kier molecular flexibility index (Phi) is 8.82. The number of aromatic nitrogens is 3. The molecule has 0 radical (unpaired) electrons. The third-order valence-electron chi connectivity index (χ3n) is 4.77. The number of hydrogen-bond acceptors (Lipinski definition) is 5. The highest BCUT2D eigenvalue weighted by molar-refractivity contribution is 5.84. The van der Waals surface area contributed by atoms with Gasteiger partial charge in [-0.2, -0.15) is 5.26 Å². The first-order chi connectivity index (χ1) is 14.5. The van der Waals surface area contributed by atoms with Crippen molar-refractivity contribution in [3.05, 3.63) is 40.7 Å². The molecule has 0 saturated carbocycles. The fourth-order valence-corrected chi connectivity index (χ4v) is 3.26. The second-order valence-corrected chi connectivity index (χ2v) is 6.94. The third kappa shape index (κ3) is 5.17. The lowest BCUT2D eigenvalue weighted by Crippen LogP contribution is -2.04. The third-order valence-corrected chi connectivity index (χ3v) is 4.77. The number of ether oxygens (including phenoxy) is 2. The Balaban J connectivity index is 0.000000575. The summed E-state index contributed by atoms with van der Waals surface area (Å²) >= 11 is 0. The van der Waals surface area contributed by atoms with E-state index in [1.807, 2.05) is 26.1 Å². The minimum Gasteiger partial charge on any atom is -0.477 e. The number of pyridine rings is 2. The van der Waals surface area contributed by atoms with Crippen molar-refractivity contribution in [3.8, 4) is 23.2 Å². The molecule has 0 saturated heterocycles. The van der Waals surface area contributed by atoms with E-state index < -0.39 is 0 Å². The summed E-state index contributed by atoms with van der Waals surface area (Å²) in [4.78, 5) is 12.8. The van der Waals surface area contributed by atoms with Crippen LogP contribution in [-0.4, -0.2) is 35.3 Å². The van der Waals surface area contributed by atoms with Crippen LogP contribution in [0.25, 0.3) is 22.3 Å². The van der Waals surface area contributed by atoms with Crippen LogP contribution in [0.2, 0.25) is 0 Å². The number of fused-ring (bicyclic) bond motifs is 1. The monoisotopic (exact) mass is 408 g/mol. The minimum absolute atomic E-state index is 0.405. The van der Waals surface area contributed by atoms with Gasteiger partial charge in [0.05, 0.1) is 29.0 Å². The van der Waals surface area contributed by atoms with Crippen LogP contribution >= 0.6 is 0 Å². The molecule has 0 aliphatic heterocycles. The van der Waals surface area contributed by atoms with E-state index in [-0.39, 0.29) is 0 Å². The van der Waals surface area contributed by atoms with Gasteiger partial charge in [0, 0.05) is 25.5 Å². The molecular formula is C24H32N4O2. The van der Waals surface area contributed by atoms with Crippen LogP contribution < -0.4 is 4.74 Å². The van der Waals surface area contributed by atoms with Gasteiger partial charge in [0.15, 0.2) is 0 Å². The van der Waals surface area contributed by atoms with Crippen molar-refractivity contribution < 1.29 is 9.47 Å². The molecule has 0 bridgehead atoms. The molecule has 3 aromatic rings. The average Bonchev–Trinajstić information content (AvgIpc) is 3.13. The largest absolute Gasteiger partial charge is 0.477 e. The summed E-state index contributed by atoms with van der Waals surface area (Å²) in [5, 5.41) is 9.49. The van der Waals surface area contributed by atoms with Crippen molar-refractivity contribution in [1.82, 2.24) is 15.0 Å². The zero-order valence-corrected chi connectivity index (χ0v) is 18.9. The Labute approximate surface area is 179 Å². The maximum absolute atomic E-state index is 9.49. The molecule has 0 aliphatic carbocycles. The smallest absolute Gasteiger partial charge is 0.231 e. The second-order valence-electron chi connectivity index (χ2n) is 6.94. The van der Waals surface area contributed by atoms with E-state index in [0.717, 1.165) is 65.0 Å². The van der Waals surface area contributed by atoms with Crippen LogP contribution in [0.5, 0.6) is 5.88 Å². The van der Waals surface area contributed by atoms with Gasteiger partial charge < -0.3 is 14.5 Å². The van der Waals surface area contributed by atoms with E-state index in [1.165, 1.54) is 0 Å². The number of H-pyrrole nitrogens is 1. The molecule has 0 unspecified atom stereocenters. The molecule has 1 N–H and O–H groups in total. The highest BCUT2D eigenvalue weighted by atomic mass is 16.5. The molecule has 160 valence electrons. The fraction of sp³-hybridized carbons (Fsp3) is 0.458. The molecule has 3 aromatic heterocycles. The highest BCUT2D eigenvalue weighted by Crippen LogP contribution is 2.32. The molecule has 3 heterocycles. The molecule has 6 nitrogen and oxygen atoms in total. The first-order valence-corrected chi connectivity index (χ1v) is 10.6. The van der Waals surface area contributed by atoms with Crippen molar-refractivity contribution in [3.63, 3.8) is 0 Å². The number of nitrogens with one attached hydrogen (secondary N) is 1. The summed E-state index contributed by atoms with van der Waals surface area (Å²) in [6.07, 6.45) is 4.69. The highest BCUT2D eigenvalue weighted by Gasteiger charge is 2.18. The number of aryl methyl sites for hydroxylation is 3. The number of hydrogen-bond donors (Lipinski definition) is 1. The Morgan fingerprint density at radius 2 is 1.87 bits per heavy atom. The minimum atomic E-state index is 0.405. The molecule has 30 heavy (non-hydrogen) atoms. The number of methoxy groups -OCH3 is 1. The summed E-state index contributed by atoms with van der Waals surface area (Å²) in [5.41, 5.74) is 7.41. The van der Waals surface area contributed by atoms with Crippen LogP contribution in [0.4, 0.5) is 0 Å². The van der Waals surface area contributed by atoms with Gasteiger partial charge in [-0.15, -0.1) is 0 Å². The lowest BCUT2D eigenvalue weighted by molar-refractivity contribution is 0.199. The van der Waals surface area contributed by atoms with E-state index >= 15 is 0 Å². The van der Waals surface area contributed by atoms with E-state index in [0.29, 0.717) is 18.1 Å². The van der Waals surface area contributed by atoms with Gasteiger partial charge in [0.1, 0.15) is 11.6 Å². The number of aromatic amines is 1. The molecule has 0 fully saturated rings. The predicted octanol–water partition coefficient (Wildman–Crippen LogP) is 5.37. The number of nitriles is 1. The zero-order valence-electron chi connectivity index (χ0n) is 18.9. The summed E-state index contributed by atoms with van der Waals surface area (Å²) in [6.45, 7) is 11.6. The van der Waals surface area contributed by atoms with Gasteiger partial charge in [0.25, 0.3) is 0 Å². The van der Waals surface area contributed by atoms with Gasteiger partial charge in [-0.3, -0.25) is 0 Å². The van der Waals surface area contributed by atoms with Gasteiger partial charge in [-0.05, 0) is 56.4 Å². The van der Waals surface area contributed by atoms with Crippen LogP contribution in [-0.2, 0) is 17.6 Å². The van der Waals surface area contributed by atoms with E-state index in [2.05, 4.69) is 42.9 Å². The SMILES string of the molecule is CCCOC.CCOc1nc(CC)c(-c2nc3c(C)c[nH]c3cc2CC)cc1C#N. The molecule has 3 rings (SSSR count). The summed E-state index contributed by atoms with van der Waals surface area (Å²) < 4.78 is 10.2. The average molecular weight is 409 g/mol. The van der Waals surface area contributed by atoms with Gasteiger partial charge in [-0.25, -0.2) is 9.97 Å². The van der Waals surface area contributed by atoms with Gasteiger partial charge in [0.2, 0.25) is 5.88 Å². The standard InChI is InChI=1S/C20H22N4O.C4H10O/c1-5-13-9-17-18(12(4)11-22-17)24-19(13)15-8-14(10-21)20(25-7-3)23-16(15)6-2;1-3-4-5-2/h8-9,11,22H,5-7H2,1-4H3;3-4H2,1-2H3. The molecule has 0 aliphatic rings. The Hall–Kier alpha value is -2.91. The molecule has 6 heteroatoms. The lowest BCUT2D eigenvalue weighted by atomic mass is 9.99. The summed E-state index contributed by atoms with van der Waals surface area (Å²) in [6, 6.07) is 6.21. The first-order valence-electron chi connectivity index (χ1n) is 10.6. The van der Waals surface area contributed by atoms with Crippen LogP contribution in [0.3, 0.4) is 0 Å². The van der Waals surface area contributed by atoms with Crippen molar-refractivity contribution >= 4 is 11.0 Å². The van der Waals surface area contributed by atoms with Crippen molar-refractivity contribution in [2.24, 2.45) is 0 Å². The van der Waals surface area contributed by atoms with Crippen molar-refractivity contribution in [1.29, 1.82) is 5.26 Å². The Morgan fingerprint density at radius 1 is 1.10 bits per heavy atom. The summed E-state index contributed by atoms with van der Waals surface area (Å²) in [7, 11) is 1.71. The number of nitrogens with zero attached hydrogens (tertiary/aromatic N) is 3. The Morgan fingerprint density at radius 3 is 2.40 bits per heavy atom. The molecule has 0 aromatic carbocycles. The Bertz CT molecular complexity index is 1020. The fourth-order valence-electron chi connectivity index (χ4n) is 3.26. The van der Waals surface area contributed by atoms with Crippen LogP contribution in [0, 0.1) is 18.3 Å². The first kappa shape index (κ1) is 23.4. The molecular weight excluding hydrogens is 376 g/mol. The van der Waals surface area contributed by atoms with Crippen LogP contribution in [0.1, 0.15) is 56.5 Å². The summed E-state index contributed by atoms with van der Waals surface area (Å²) in [5.74, 6) is 0.405. The van der Waals surface area contributed by atoms with Crippen molar-refractivity contribution in [2.75, 3.05) is 20.3 Å². The van der Waals surface area contributed by atoms with Gasteiger partial charge in [-0.1, -0.05) is 20.8 Å². The van der Waals surface area contributed by atoms with Gasteiger partial charge >= 0.3 is 0 Å².